The lowest BCUT2D eigenvalue weighted by Crippen LogP contribution is -2.21. The molecule has 0 saturated heterocycles. The number of nitrogens with one attached hydrogen (secondary N) is 1. The van der Waals surface area contributed by atoms with Gasteiger partial charge in [0, 0.05) is 28.5 Å². The molecule has 1 atom stereocenters. The summed E-state index contributed by atoms with van der Waals surface area (Å²) in [5.74, 6) is 0. The Morgan fingerprint density at radius 1 is 1.16 bits per heavy atom. The summed E-state index contributed by atoms with van der Waals surface area (Å²) in [7, 11) is 0. The normalized spacial score (nSPS) is 12.4. The Balaban J connectivity index is 1.89. The summed E-state index contributed by atoms with van der Waals surface area (Å²) in [4.78, 5) is 4.01. The third-order valence-corrected chi connectivity index (χ3v) is 3.60. The van der Waals surface area contributed by atoms with E-state index < -0.39 is 0 Å². The summed E-state index contributed by atoms with van der Waals surface area (Å²) in [5.41, 5.74) is 2.35. The molecule has 1 aromatic carbocycles. The van der Waals surface area contributed by atoms with Crippen molar-refractivity contribution in [1.29, 1.82) is 0 Å². The smallest absolute Gasteiger partial charge is 0.0468 e. The highest BCUT2D eigenvalue weighted by Crippen LogP contribution is 2.25. The zero-order chi connectivity index (χ0) is 13.7. The molecule has 0 radical (unpaired) electrons. The molecular formula is C15H16Cl2N2. The first-order valence-corrected chi connectivity index (χ1v) is 6.99. The van der Waals surface area contributed by atoms with Gasteiger partial charge in [0.2, 0.25) is 0 Å². The van der Waals surface area contributed by atoms with Crippen LogP contribution in [-0.2, 0) is 6.42 Å². The fourth-order valence-electron chi connectivity index (χ4n) is 1.95. The highest BCUT2D eigenvalue weighted by molar-refractivity contribution is 6.35. The highest BCUT2D eigenvalue weighted by atomic mass is 35.5. The Hall–Kier alpha value is -1.09. The number of rotatable bonds is 5. The van der Waals surface area contributed by atoms with Crippen molar-refractivity contribution in [1.82, 2.24) is 10.3 Å². The van der Waals surface area contributed by atoms with E-state index in [0.29, 0.717) is 10.0 Å². The van der Waals surface area contributed by atoms with Gasteiger partial charge in [0.05, 0.1) is 0 Å². The summed E-state index contributed by atoms with van der Waals surface area (Å²) in [6, 6.07) is 9.87. The molecule has 0 amide bonds. The molecule has 0 aliphatic carbocycles. The third kappa shape index (κ3) is 4.20. The summed E-state index contributed by atoms with van der Waals surface area (Å²) >= 11 is 12.1. The van der Waals surface area contributed by atoms with E-state index in [2.05, 4.69) is 17.2 Å². The maximum Gasteiger partial charge on any atom is 0.0468 e. The zero-order valence-electron chi connectivity index (χ0n) is 10.7. The number of nitrogens with zero attached hydrogens (tertiary/aromatic N) is 1. The van der Waals surface area contributed by atoms with Crippen LogP contribution in [0.25, 0.3) is 0 Å². The molecular weight excluding hydrogens is 279 g/mol. The van der Waals surface area contributed by atoms with Crippen LogP contribution in [0, 0.1) is 0 Å². The number of hydrogen-bond donors (Lipinski definition) is 1. The van der Waals surface area contributed by atoms with Crippen molar-refractivity contribution in [2.75, 3.05) is 6.54 Å². The molecule has 1 unspecified atom stereocenters. The largest absolute Gasteiger partial charge is 0.310 e. The molecule has 2 aromatic rings. The van der Waals surface area contributed by atoms with Crippen LogP contribution in [0.2, 0.25) is 10.0 Å². The Bertz CT molecular complexity index is 529. The molecule has 19 heavy (non-hydrogen) atoms. The molecule has 0 saturated carbocycles. The third-order valence-electron chi connectivity index (χ3n) is 3.04. The van der Waals surface area contributed by atoms with Gasteiger partial charge in [0.1, 0.15) is 0 Å². The lowest BCUT2D eigenvalue weighted by atomic mass is 10.1. The second kappa shape index (κ2) is 6.90. The first-order chi connectivity index (χ1) is 9.16. The van der Waals surface area contributed by atoms with Crippen LogP contribution in [-0.4, -0.2) is 11.5 Å². The second-order valence-electron chi connectivity index (χ2n) is 4.45. The van der Waals surface area contributed by atoms with Crippen molar-refractivity contribution in [3.8, 4) is 0 Å². The lowest BCUT2D eigenvalue weighted by Gasteiger charge is -2.16. The molecule has 0 spiro atoms. The van der Waals surface area contributed by atoms with Crippen LogP contribution in [0.5, 0.6) is 0 Å². The number of hydrogen-bond acceptors (Lipinski definition) is 2. The molecule has 2 rings (SSSR count). The predicted molar refractivity (Wildman–Crippen MR) is 80.8 cm³/mol. The van der Waals surface area contributed by atoms with E-state index >= 15 is 0 Å². The summed E-state index contributed by atoms with van der Waals surface area (Å²) in [6.45, 7) is 2.99. The molecule has 0 aliphatic heterocycles. The van der Waals surface area contributed by atoms with E-state index in [-0.39, 0.29) is 6.04 Å². The Morgan fingerprint density at radius 2 is 1.89 bits per heavy atom. The number of benzene rings is 1. The summed E-state index contributed by atoms with van der Waals surface area (Å²) in [5, 5.41) is 4.83. The van der Waals surface area contributed by atoms with Crippen LogP contribution in [0.15, 0.2) is 42.7 Å². The summed E-state index contributed by atoms with van der Waals surface area (Å²) in [6.07, 6.45) is 4.60. The molecule has 1 N–H and O–H groups in total. The van der Waals surface area contributed by atoms with Gasteiger partial charge in [-0.1, -0.05) is 29.3 Å². The summed E-state index contributed by atoms with van der Waals surface area (Å²) < 4.78 is 0. The average Bonchev–Trinajstić information content (AvgIpc) is 2.39. The minimum Gasteiger partial charge on any atom is -0.310 e. The van der Waals surface area contributed by atoms with Gasteiger partial charge in [-0.05, 0) is 55.3 Å². The first-order valence-electron chi connectivity index (χ1n) is 6.24. The van der Waals surface area contributed by atoms with Gasteiger partial charge in [-0.2, -0.15) is 0 Å². The van der Waals surface area contributed by atoms with Crippen molar-refractivity contribution in [2.24, 2.45) is 0 Å². The molecule has 0 bridgehead atoms. The second-order valence-corrected chi connectivity index (χ2v) is 5.29. The van der Waals surface area contributed by atoms with E-state index in [1.54, 1.807) is 6.07 Å². The minimum atomic E-state index is 0.201. The van der Waals surface area contributed by atoms with Crippen LogP contribution in [0.3, 0.4) is 0 Å². The molecule has 100 valence electrons. The van der Waals surface area contributed by atoms with Crippen molar-refractivity contribution < 1.29 is 0 Å². The monoisotopic (exact) mass is 294 g/mol. The quantitative estimate of drug-likeness (QED) is 0.890. The molecule has 2 nitrogen and oxygen atoms in total. The van der Waals surface area contributed by atoms with Crippen molar-refractivity contribution >= 4 is 23.2 Å². The molecule has 0 fully saturated rings. The fourth-order valence-corrected chi connectivity index (χ4v) is 2.52. The van der Waals surface area contributed by atoms with Gasteiger partial charge in [0.15, 0.2) is 0 Å². The van der Waals surface area contributed by atoms with Gasteiger partial charge in [-0.3, -0.25) is 4.98 Å². The van der Waals surface area contributed by atoms with Crippen molar-refractivity contribution in [3.63, 3.8) is 0 Å². The molecule has 1 aromatic heterocycles. The molecule has 4 heteroatoms. The van der Waals surface area contributed by atoms with Gasteiger partial charge >= 0.3 is 0 Å². The lowest BCUT2D eigenvalue weighted by molar-refractivity contribution is 0.577. The minimum absolute atomic E-state index is 0.201. The van der Waals surface area contributed by atoms with E-state index in [0.717, 1.165) is 18.5 Å². The van der Waals surface area contributed by atoms with Crippen LogP contribution < -0.4 is 5.32 Å². The Morgan fingerprint density at radius 3 is 2.58 bits per heavy atom. The molecule has 0 aliphatic rings. The first kappa shape index (κ1) is 14.3. The van der Waals surface area contributed by atoms with Gasteiger partial charge in [-0.25, -0.2) is 0 Å². The van der Waals surface area contributed by atoms with E-state index in [9.17, 15) is 0 Å². The van der Waals surface area contributed by atoms with Crippen LogP contribution in [0.4, 0.5) is 0 Å². The van der Waals surface area contributed by atoms with Crippen LogP contribution in [0.1, 0.15) is 24.1 Å². The number of aromatic nitrogens is 1. The maximum atomic E-state index is 6.19. The van der Waals surface area contributed by atoms with E-state index in [1.807, 2.05) is 36.7 Å². The van der Waals surface area contributed by atoms with E-state index in [4.69, 9.17) is 23.2 Å². The van der Waals surface area contributed by atoms with E-state index in [1.165, 1.54) is 5.56 Å². The topological polar surface area (TPSA) is 24.9 Å². The van der Waals surface area contributed by atoms with Crippen molar-refractivity contribution in [2.45, 2.75) is 19.4 Å². The molecule has 1 heterocycles. The van der Waals surface area contributed by atoms with Gasteiger partial charge in [0.25, 0.3) is 0 Å². The van der Waals surface area contributed by atoms with Gasteiger partial charge < -0.3 is 5.32 Å². The average molecular weight is 295 g/mol. The SMILES string of the molecule is CC(NCCc1ccncc1)c1ccc(Cl)cc1Cl. The predicted octanol–water partition coefficient (Wildman–Crippen LogP) is 4.28. The zero-order valence-corrected chi connectivity index (χ0v) is 12.2. The fraction of sp³-hybridized carbons (Fsp3) is 0.267. The van der Waals surface area contributed by atoms with Crippen molar-refractivity contribution in [3.05, 3.63) is 63.9 Å². The van der Waals surface area contributed by atoms with Gasteiger partial charge in [-0.15, -0.1) is 0 Å². The number of halogens is 2. The maximum absolute atomic E-state index is 6.19. The Labute approximate surface area is 123 Å². The number of pyridine rings is 1. The Kier molecular flexibility index (Phi) is 5.20. The standard InChI is InChI=1S/C15H16Cl2N2/c1-11(14-3-2-13(16)10-15(14)17)19-9-6-12-4-7-18-8-5-12/h2-5,7-8,10-11,19H,6,9H2,1H3. The van der Waals surface area contributed by atoms with Crippen LogP contribution >= 0.6 is 23.2 Å². The highest BCUT2D eigenvalue weighted by Gasteiger charge is 2.09.